The standard InChI is InChI=1S/C13H26N2O3/c1-17-13-3-2-11(8-13)14-9-12(16)10-15-4-6-18-7-5-15/h11-14,16H,2-10H2,1H3. The predicted octanol–water partition coefficient (Wildman–Crippen LogP) is -0.163. The first kappa shape index (κ1) is 14.2. The number of aliphatic hydroxyl groups is 1. The van der Waals surface area contributed by atoms with Crippen LogP contribution in [0.2, 0.25) is 0 Å². The van der Waals surface area contributed by atoms with Gasteiger partial charge in [-0.3, -0.25) is 4.90 Å². The number of methoxy groups -OCH3 is 1. The summed E-state index contributed by atoms with van der Waals surface area (Å²) in [7, 11) is 1.78. The molecule has 1 aliphatic heterocycles. The van der Waals surface area contributed by atoms with Crippen molar-refractivity contribution in [3.05, 3.63) is 0 Å². The van der Waals surface area contributed by atoms with Crippen LogP contribution in [-0.4, -0.2) is 74.8 Å². The normalized spacial score (nSPS) is 31.7. The van der Waals surface area contributed by atoms with Crippen LogP contribution < -0.4 is 5.32 Å². The van der Waals surface area contributed by atoms with Crippen LogP contribution in [0.5, 0.6) is 0 Å². The molecule has 0 radical (unpaired) electrons. The lowest BCUT2D eigenvalue weighted by atomic mass is 10.2. The van der Waals surface area contributed by atoms with Gasteiger partial charge < -0.3 is 19.9 Å². The van der Waals surface area contributed by atoms with Crippen LogP contribution in [0.3, 0.4) is 0 Å². The Bertz CT molecular complexity index is 234. The Morgan fingerprint density at radius 2 is 2.17 bits per heavy atom. The molecule has 0 bridgehead atoms. The zero-order valence-corrected chi connectivity index (χ0v) is 11.3. The van der Waals surface area contributed by atoms with Gasteiger partial charge in [-0.2, -0.15) is 0 Å². The summed E-state index contributed by atoms with van der Waals surface area (Å²) in [5.41, 5.74) is 0. The molecule has 1 saturated carbocycles. The molecule has 0 spiro atoms. The van der Waals surface area contributed by atoms with Crippen molar-refractivity contribution in [2.75, 3.05) is 46.5 Å². The second kappa shape index (κ2) is 7.40. The minimum atomic E-state index is -0.287. The van der Waals surface area contributed by atoms with Crippen LogP contribution in [0.15, 0.2) is 0 Å². The monoisotopic (exact) mass is 258 g/mol. The first-order chi connectivity index (χ1) is 8.78. The molecule has 3 unspecified atom stereocenters. The summed E-state index contributed by atoms with van der Waals surface area (Å²) in [4.78, 5) is 2.27. The number of hydrogen-bond acceptors (Lipinski definition) is 5. The molecule has 0 amide bonds. The minimum Gasteiger partial charge on any atom is -0.390 e. The largest absolute Gasteiger partial charge is 0.390 e. The highest BCUT2D eigenvalue weighted by Crippen LogP contribution is 2.21. The van der Waals surface area contributed by atoms with E-state index in [1.54, 1.807) is 7.11 Å². The van der Waals surface area contributed by atoms with Crippen LogP contribution in [0.1, 0.15) is 19.3 Å². The van der Waals surface area contributed by atoms with Gasteiger partial charge in [0, 0.05) is 39.3 Å². The van der Waals surface area contributed by atoms with Crippen LogP contribution in [0, 0.1) is 0 Å². The summed E-state index contributed by atoms with van der Waals surface area (Å²) in [6.07, 6.45) is 3.47. The molecule has 106 valence electrons. The van der Waals surface area contributed by atoms with Crippen LogP contribution in [-0.2, 0) is 9.47 Å². The van der Waals surface area contributed by atoms with Crippen molar-refractivity contribution in [2.45, 2.75) is 37.5 Å². The predicted molar refractivity (Wildman–Crippen MR) is 69.7 cm³/mol. The second-order valence-corrected chi connectivity index (χ2v) is 5.34. The van der Waals surface area contributed by atoms with Gasteiger partial charge in [0.2, 0.25) is 0 Å². The fraction of sp³-hybridized carbons (Fsp3) is 1.00. The maximum atomic E-state index is 10.0. The number of rotatable bonds is 6. The van der Waals surface area contributed by atoms with E-state index in [-0.39, 0.29) is 6.10 Å². The number of β-amino-alcohol motifs (C(OH)–C–C–N with tert-alkyl or cyclic N) is 1. The summed E-state index contributed by atoms with van der Waals surface area (Å²) < 4.78 is 10.6. The lowest BCUT2D eigenvalue weighted by Gasteiger charge is -2.29. The SMILES string of the molecule is COC1CCC(NCC(O)CN2CCOCC2)C1. The van der Waals surface area contributed by atoms with Gasteiger partial charge in [-0.25, -0.2) is 0 Å². The van der Waals surface area contributed by atoms with E-state index in [1.165, 1.54) is 0 Å². The van der Waals surface area contributed by atoms with Gasteiger partial charge >= 0.3 is 0 Å². The highest BCUT2D eigenvalue weighted by Gasteiger charge is 2.24. The molecular weight excluding hydrogens is 232 g/mol. The van der Waals surface area contributed by atoms with Gasteiger partial charge in [-0.05, 0) is 19.3 Å². The number of hydrogen-bond donors (Lipinski definition) is 2. The molecule has 18 heavy (non-hydrogen) atoms. The molecule has 0 aromatic heterocycles. The first-order valence-electron chi connectivity index (χ1n) is 7.02. The third kappa shape index (κ3) is 4.48. The summed E-state index contributed by atoms with van der Waals surface area (Å²) in [6.45, 7) is 4.88. The number of aliphatic hydroxyl groups excluding tert-OH is 1. The molecular formula is C13H26N2O3. The summed E-state index contributed by atoms with van der Waals surface area (Å²) in [5, 5.41) is 13.5. The van der Waals surface area contributed by atoms with Crippen molar-refractivity contribution in [2.24, 2.45) is 0 Å². The second-order valence-electron chi connectivity index (χ2n) is 5.34. The zero-order chi connectivity index (χ0) is 12.8. The van der Waals surface area contributed by atoms with E-state index in [0.29, 0.717) is 18.7 Å². The fourth-order valence-corrected chi connectivity index (χ4v) is 2.79. The maximum absolute atomic E-state index is 10.0. The summed E-state index contributed by atoms with van der Waals surface area (Å²) in [5.74, 6) is 0. The molecule has 1 heterocycles. The van der Waals surface area contributed by atoms with E-state index in [1.807, 2.05) is 0 Å². The van der Waals surface area contributed by atoms with Gasteiger partial charge in [0.1, 0.15) is 0 Å². The highest BCUT2D eigenvalue weighted by atomic mass is 16.5. The van der Waals surface area contributed by atoms with E-state index < -0.39 is 0 Å². The number of nitrogens with zero attached hydrogens (tertiary/aromatic N) is 1. The Balaban J connectivity index is 1.58. The van der Waals surface area contributed by atoms with Crippen molar-refractivity contribution in [3.63, 3.8) is 0 Å². The Labute approximate surface area is 109 Å². The van der Waals surface area contributed by atoms with E-state index in [0.717, 1.165) is 52.1 Å². The van der Waals surface area contributed by atoms with Crippen LogP contribution >= 0.6 is 0 Å². The van der Waals surface area contributed by atoms with Gasteiger partial charge in [0.05, 0.1) is 25.4 Å². The third-order valence-electron chi connectivity index (χ3n) is 3.93. The molecule has 1 saturated heterocycles. The average molecular weight is 258 g/mol. The van der Waals surface area contributed by atoms with Gasteiger partial charge in [0.15, 0.2) is 0 Å². The Morgan fingerprint density at radius 3 is 2.83 bits per heavy atom. The van der Waals surface area contributed by atoms with E-state index >= 15 is 0 Å². The minimum absolute atomic E-state index is 0.287. The molecule has 5 nitrogen and oxygen atoms in total. The maximum Gasteiger partial charge on any atom is 0.0791 e. The topological polar surface area (TPSA) is 54.0 Å². The lowest BCUT2D eigenvalue weighted by Crippen LogP contribution is -2.45. The van der Waals surface area contributed by atoms with Crippen molar-refractivity contribution < 1.29 is 14.6 Å². The van der Waals surface area contributed by atoms with Crippen molar-refractivity contribution in [3.8, 4) is 0 Å². The van der Waals surface area contributed by atoms with Crippen LogP contribution in [0.4, 0.5) is 0 Å². The molecule has 0 aromatic rings. The molecule has 5 heteroatoms. The Kier molecular flexibility index (Phi) is 5.85. The zero-order valence-electron chi connectivity index (χ0n) is 11.3. The van der Waals surface area contributed by atoms with E-state index in [2.05, 4.69) is 10.2 Å². The molecule has 2 N–H and O–H groups in total. The van der Waals surface area contributed by atoms with E-state index in [9.17, 15) is 5.11 Å². The smallest absolute Gasteiger partial charge is 0.0791 e. The quantitative estimate of drug-likeness (QED) is 0.693. The Morgan fingerprint density at radius 1 is 1.39 bits per heavy atom. The average Bonchev–Trinajstić information content (AvgIpc) is 2.85. The number of ether oxygens (including phenoxy) is 2. The molecule has 2 fully saturated rings. The number of nitrogens with one attached hydrogen (secondary N) is 1. The summed E-state index contributed by atoms with van der Waals surface area (Å²) >= 11 is 0. The van der Waals surface area contributed by atoms with Crippen molar-refractivity contribution >= 4 is 0 Å². The molecule has 0 aromatic carbocycles. The van der Waals surface area contributed by atoms with Crippen molar-refractivity contribution in [1.29, 1.82) is 0 Å². The molecule has 1 aliphatic carbocycles. The Hall–Kier alpha value is -0.200. The summed E-state index contributed by atoms with van der Waals surface area (Å²) in [6, 6.07) is 0.509. The first-order valence-corrected chi connectivity index (χ1v) is 7.02. The third-order valence-corrected chi connectivity index (χ3v) is 3.93. The molecule has 2 rings (SSSR count). The van der Waals surface area contributed by atoms with Crippen molar-refractivity contribution in [1.82, 2.24) is 10.2 Å². The lowest BCUT2D eigenvalue weighted by molar-refractivity contribution is 0.0144. The van der Waals surface area contributed by atoms with E-state index in [4.69, 9.17) is 9.47 Å². The molecule has 2 aliphatic rings. The molecule has 3 atom stereocenters. The van der Waals surface area contributed by atoms with Gasteiger partial charge in [-0.1, -0.05) is 0 Å². The highest BCUT2D eigenvalue weighted by molar-refractivity contribution is 4.82. The van der Waals surface area contributed by atoms with Gasteiger partial charge in [0.25, 0.3) is 0 Å². The fourth-order valence-electron chi connectivity index (χ4n) is 2.79. The van der Waals surface area contributed by atoms with Gasteiger partial charge in [-0.15, -0.1) is 0 Å². The van der Waals surface area contributed by atoms with Crippen LogP contribution in [0.25, 0.3) is 0 Å². The number of morpholine rings is 1.